The summed E-state index contributed by atoms with van der Waals surface area (Å²) in [5.74, 6) is -6.35. The molecule has 0 radical (unpaired) electrons. The average Bonchev–Trinajstić information content (AvgIpc) is 2.88. The van der Waals surface area contributed by atoms with Gasteiger partial charge in [-0.3, -0.25) is 9.59 Å². The Kier molecular flexibility index (Phi) is 12.7. The number of aliphatic carboxylic acids is 2. The number of anilines is 2. The number of fused-ring (bicyclic) bond motifs is 1. The number of halogens is 6. The first kappa shape index (κ1) is 35.2. The van der Waals surface area contributed by atoms with E-state index in [2.05, 4.69) is 46.8 Å². The molecule has 228 valence electrons. The lowest BCUT2D eigenvalue weighted by Crippen LogP contribution is -2.38. The first-order valence-corrected chi connectivity index (χ1v) is 11.6. The van der Waals surface area contributed by atoms with Crippen LogP contribution in [-0.2, 0) is 19.2 Å². The van der Waals surface area contributed by atoms with Gasteiger partial charge in [-0.2, -0.15) is 26.3 Å². The van der Waals surface area contributed by atoms with Crippen molar-refractivity contribution in [1.29, 1.82) is 0 Å². The zero-order valence-corrected chi connectivity index (χ0v) is 21.7. The molecule has 2 amide bonds. The highest BCUT2D eigenvalue weighted by molar-refractivity contribution is 5.97. The largest absolute Gasteiger partial charge is 0.490 e. The molecule has 10 nitrogen and oxygen atoms in total. The molecule has 16 heteroatoms. The van der Waals surface area contributed by atoms with Crippen molar-refractivity contribution in [3.8, 4) is 0 Å². The van der Waals surface area contributed by atoms with Crippen molar-refractivity contribution in [3.05, 3.63) is 78.0 Å². The number of para-hydroxylation sites is 1. The Hall–Kier alpha value is -4.86. The number of carbonyl (C=O) groups is 4. The highest BCUT2D eigenvalue weighted by atomic mass is 19.4. The van der Waals surface area contributed by atoms with Gasteiger partial charge in [-0.05, 0) is 29.3 Å². The molecule has 2 aromatic carbocycles. The average molecular weight is 605 g/mol. The SMILES string of the molecule is CN1C=CC(/C=C/c2ccc(NC(=O)[C@H](N)CC(N)=O)cc2)c2ccccc21.O=C(O)C(F)(F)F.O=C(O)C(F)(F)F. The van der Waals surface area contributed by atoms with Gasteiger partial charge in [0.2, 0.25) is 11.8 Å². The van der Waals surface area contributed by atoms with Crippen molar-refractivity contribution < 1.29 is 55.7 Å². The number of nitrogens with two attached hydrogens (primary N) is 2. The van der Waals surface area contributed by atoms with E-state index in [1.165, 1.54) is 11.3 Å². The van der Waals surface area contributed by atoms with Crippen LogP contribution in [0.15, 0.2) is 66.9 Å². The van der Waals surface area contributed by atoms with E-state index >= 15 is 0 Å². The van der Waals surface area contributed by atoms with Crippen LogP contribution < -0.4 is 21.7 Å². The number of amides is 2. The summed E-state index contributed by atoms with van der Waals surface area (Å²) in [6.45, 7) is 0. The quantitative estimate of drug-likeness (QED) is 0.309. The van der Waals surface area contributed by atoms with E-state index in [1.807, 2.05) is 31.3 Å². The molecule has 0 fully saturated rings. The lowest BCUT2D eigenvalue weighted by Gasteiger charge is -2.26. The fourth-order valence-electron chi connectivity index (χ4n) is 3.10. The minimum absolute atomic E-state index is 0.182. The van der Waals surface area contributed by atoms with Crippen LogP contribution in [-0.4, -0.2) is 59.4 Å². The first-order chi connectivity index (χ1) is 19.3. The first-order valence-electron chi connectivity index (χ1n) is 11.6. The topological polar surface area (TPSA) is 176 Å². The van der Waals surface area contributed by atoms with Crippen LogP contribution >= 0.6 is 0 Å². The van der Waals surface area contributed by atoms with Crippen LogP contribution in [0.4, 0.5) is 37.7 Å². The molecule has 2 atom stereocenters. The number of alkyl halides is 6. The second-order valence-corrected chi connectivity index (χ2v) is 8.39. The second kappa shape index (κ2) is 15.2. The smallest absolute Gasteiger partial charge is 0.475 e. The summed E-state index contributed by atoms with van der Waals surface area (Å²) in [4.78, 5) is 42.7. The third kappa shape index (κ3) is 12.1. The number of nitrogens with one attached hydrogen (secondary N) is 1. The van der Waals surface area contributed by atoms with Gasteiger partial charge < -0.3 is 31.9 Å². The third-order valence-corrected chi connectivity index (χ3v) is 5.11. The summed E-state index contributed by atoms with van der Waals surface area (Å²) in [5.41, 5.74) is 14.8. The van der Waals surface area contributed by atoms with Gasteiger partial charge in [-0.25, -0.2) is 9.59 Å². The van der Waals surface area contributed by atoms with E-state index < -0.39 is 42.1 Å². The molecule has 2 aromatic rings. The number of rotatable bonds is 6. The maximum Gasteiger partial charge on any atom is 0.490 e. The maximum atomic E-state index is 11.9. The van der Waals surface area contributed by atoms with E-state index in [0.29, 0.717) is 5.69 Å². The number of carboxylic acid groups (broad SMARTS) is 2. The molecule has 1 aliphatic rings. The molecule has 3 rings (SSSR count). The number of carbonyl (C=O) groups excluding carboxylic acids is 2. The third-order valence-electron chi connectivity index (χ3n) is 5.11. The minimum Gasteiger partial charge on any atom is -0.475 e. The van der Waals surface area contributed by atoms with Crippen molar-refractivity contribution in [2.75, 3.05) is 17.3 Å². The minimum atomic E-state index is -5.08. The fraction of sp³-hybridized carbons (Fsp3) is 0.231. The summed E-state index contributed by atoms with van der Waals surface area (Å²) in [5, 5.41) is 16.9. The van der Waals surface area contributed by atoms with Gasteiger partial charge in [0.25, 0.3) is 0 Å². The van der Waals surface area contributed by atoms with Crippen LogP contribution in [0.25, 0.3) is 6.08 Å². The second-order valence-electron chi connectivity index (χ2n) is 8.39. The number of primary amides is 1. The fourth-order valence-corrected chi connectivity index (χ4v) is 3.10. The summed E-state index contributed by atoms with van der Waals surface area (Å²) in [6.07, 6.45) is -1.91. The Morgan fingerprint density at radius 1 is 0.952 bits per heavy atom. The van der Waals surface area contributed by atoms with Gasteiger partial charge in [0.1, 0.15) is 0 Å². The predicted molar refractivity (Wildman–Crippen MR) is 140 cm³/mol. The van der Waals surface area contributed by atoms with Crippen molar-refractivity contribution in [2.45, 2.75) is 30.7 Å². The summed E-state index contributed by atoms with van der Waals surface area (Å²) in [7, 11) is 2.04. The highest BCUT2D eigenvalue weighted by Crippen LogP contribution is 2.33. The van der Waals surface area contributed by atoms with E-state index in [4.69, 9.17) is 31.3 Å². The highest BCUT2D eigenvalue weighted by Gasteiger charge is 2.38. The zero-order valence-electron chi connectivity index (χ0n) is 21.7. The molecule has 0 saturated heterocycles. The van der Waals surface area contributed by atoms with Crippen molar-refractivity contribution in [2.24, 2.45) is 11.5 Å². The Morgan fingerprint density at radius 3 is 1.93 bits per heavy atom. The number of hydrogen-bond acceptors (Lipinski definition) is 6. The molecular weight excluding hydrogens is 578 g/mol. The molecule has 7 N–H and O–H groups in total. The lowest BCUT2D eigenvalue weighted by atomic mass is 9.93. The summed E-state index contributed by atoms with van der Waals surface area (Å²) in [6, 6.07) is 14.8. The van der Waals surface area contributed by atoms with Crippen LogP contribution in [0.5, 0.6) is 0 Å². The normalized spacial score (nSPS) is 14.9. The van der Waals surface area contributed by atoms with Crippen LogP contribution in [0, 0.1) is 0 Å². The van der Waals surface area contributed by atoms with Crippen LogP contribution in [0.2, 0.25) is 0 Å². The Balaban J connectivity index is 0.000000522. The predicted octanol–water partition coefficient (Wildman–Crippen LogP) is 3.85. The van der Waals surface area contributed by atoms with E-state index in [1.54, 1.807) is 12.1 Å². The molecule has 1 aliphatic heterocycles. The molecule has 42 heavy (non-hydrogen) atoms. The van der Waals surface area contributed by atoms with Crippen molar-refractivity contribution >= 4 is 41.2 Å². The van der Waals surface area contributed by atoms with Crippen molar-refractivity contribution in [3.63, 3.8) is 0 Å². The van der Waals surface area contributed by atoms with E-state index in [9.17, 15) is 35.9 Å². The number of carboxylic acids is 2. The van der Waals surface area contributed by atoms with Gasteiger partial charge in [0.15, 0.2) is 0 Å². The molecule has 1 unspecified atom stereocenters. The molecule has 0 saturated carbocycles. The molecule has 0 aromatic heterocycles. The molecular formula is C26H26F6N4O6. The Bertz CT molecular complexity index is 1290. The van der Waals surface area contributed by atoms with Crippen LogP contribution in [0.1, 0.15) is 23.5 Å². The Labute approximate surface area is 234 Å². The zero-order chi connectivity index (χ0) is 32.3. The standard InChI is InChI=1S/C22H24N4O2.2C2HF3O2/c1-26-13-12-16(18-4-2-3-5-20(18)26)9-6-15-7-10-17(11-8-15)25-22(28)19(23)14-21(24)27;2*3-2(4,5)1(6)7/h2-13,16,19H,14,23H2,1H3,(H2,24,27)(H,25,28);2*(H,6,7)/b9-6+;;/t16?,19-;;/m1../s1. The summed E-state index contributed by atoms with van der Waals surface area (Å²) < 4.78 is 63.5. The van der Waals surface area contributed by atoms with Crippen LogP contribution in [0.3, 0.4) is 0 Å². The molecule has 1 heterocycles. The molecule has 0 spiro atoms. The Morgan fingerprint density at radius 2 is 1.45 bits per heavy atom. The van der Waals surface area contributed by atoms with Gasteiger partial charge in [0, 0.05) is 30.5 Å². The number of allylic oxidation sites excluding steroid dienone is 2. The van der Waals surface area contributed by atoms with E-state index in [-0.39, 0.29) is 12.3 Å². The van der Waals surface area contributed by atoms with Gasteiger partial charge in [-0.15, -0.1) is 0 Å². The summed E-state index contributed by atoms with van der Waals surface area (Å²) >= 11 is 0. The van der Waals surface area contributed by atoms with Gasteiger partial charge in [0.05, 0.1) is 12.5 Å². The number of nitrogens with zero attached hydrogens (tertiary/aromatic N) is 1. The molecule has 0 aliphatic carbocycles. The number of benzene rings is 2. The number of hydrogen-bond donors (Lipinski definition) is 5. The lowest BCUT2D eigenvalue weighted by molar-refractivity contribution is -0.193. The molecule has 0 bridgehead atoms. The monoisotopic (exact) mass is 604 g/mol. The van der Waals surface area contributed by atoms with Crippen molar-refractivity contribution in [1.82, 2.24) is 0 Å². The maximum absolute atomic E-state index is 11.9. The van der Waals surface area contributed by atoms with Gasteiger partial charge >= 0.3 is 24.3 Å². The van der Waals surface area contributed by atoms with Gasteiger partial charge in [-0.1, -0.05) is 48.6 Å². The van der Waals surface area contributed by atoms with E-state index in [0.717, 1.165) is 5.56 Å².